The number of carbonyl (C=O) groups excluding carboxylic acids is 13. The fourth-order valence-corrected chi connectivity index (χ4v) is 8.98. The van der Waals surface area contributed by atoms with E-state index in [-0.39, 0.29) is 50.9 Å². The van der Waals surface area contributed by atoms with Gasteiger partial charge in [0.15, 0.2) is 5.78 Å². The lowest BCUT2D eigenvalue weighted by molar-refractivity contribution is -0.157. The summed E-state index contributed by atoms with van der Waals surface area (Å²) in [5.74, 6) is -10.2. The number of hydrogen-bond donors (Lipinski definition) is 10. The predicted molar refractivity (Wildman–Crippen MR) is 347 cm³/mol. The summed E-state index contributed by atoms with van der Waals surface area (Å²) in [6.07, 6.45) is 5.13. The molecule has 9 amide bonds. The Hall–Kier alpha value is -6.93. The maximum atomic E-state index is 14.4. The second-order valence-corrected chi connectivity index (χ2v) is 27.7. The van der Waals surface area contributed by atoms with E-state index >= 15 is 0 Å². The van der Waals surface area contributed by atoms with Gasteiger partial charge in [-0.15, -0.1) is 0 Å². The molecule has 0 saturated heterocycles. The Balaban J connectivity index is 7.00. The molecule has 0 aromatic rings. The highest BCUT2D eigenvalue weighted by atomic mass is 16.6. The van der Waals surface area contributed by atoms with E-state index in [0.29, 0.717) is 38.5 Å². The summed E-state index contributed by atoms with van der Waals surface area (Å²) in [7, 11) is 0. The molecule has 0 fully saturated rings. The number of ketones is 1. The van der Waals surface area contributed by atoms with Crippen LogP contribution in [0.3, 0.4) is 0 Å². The maximum absolute atomic E-state index is 14.4. The molecule has 8 atom stereocenters. The molecule has 0 spiro atoms. The third kappa shape index (κ3) is 40.1. The van der Waals surface area contributed by atoms with Crippen LogP contribution in [0.25, 0.3) is 0 Å². The number of esters is 3. The molecular formula is C65H116N10O17. The van der Waals surface area contributed by atoms with Crippen molar-refractivity contribution in [2.24, 2.45) is 11.7 Å². The third-order valence-corrected chi connectivity index (χ3v) is 13.5. The normalized spacial score (nSPS) is 14.4. The molecule has 0 aliphatic heterocycles. The Morgan fingerprint density at radius 2 is 0.750 bits per heavy atom. The van der Waals surface area contributed by atoms with Gasteiger partial charge in [-0.1, -0.05) is 92.4 Å². The fourth-order valence-electron chi connectivity index (χ4n) is 8.98. The van der Waals surface area contributed by atoms with Crippen molar-refractivity contribution in [3.8, 4) is 0 Å². The molecule has 27 heteroatoms. The number of Topliss-reactive ketones (excluding diaryl/α,β-unsaturated/α-hetero) is 1. The Morgan fingerprint density at radius 1 is 0.380 bits per heavy atom. The first-order chi connectivity index (χ1) is 42.5. The SMILES string of the molecule is CCCCC[C@H](NC(=O)[C@H](CCCCC)NC(=O)[C@H](CCCCNC(=O)OC(C)(C)C)NC(=O)[C@H](CCCCC)NC(=O)CNC(=O)[C@H](CC(=O)OC(C)(C)C)NC(=O)[C@@H](NC(=O)[C@H](CCC(=O)OC(C)(C)C)NC(=O)[C@@H](N)CC(=O)OC(C)(C)C)C(C)C)C(C)=O. The van der Waals surface area contributed by atoms with E-state index in [1.165, 1.54) is 6.92 Å². The molecule has 0 radical (unpaired) electrons. The van der Waals surface area contributed by atoms with Gasteiger partial charge in [-0.2, -0.15) is 0 Å². The van der Waals surface area contributed by atoms with Gasteiger partial charge in [0.25, 0.3) is 0 Å². The van der Waals surface area contributed by atoms with Crippen molar-refractivity contribution < 1.29 is 81.3 Å². The van der Waals surface area contributed by atoms with Crippen LogP contribution in [-0.2, 0) is 76.5 Å². The Morgan fingerprint density at radius 3 is 1.18 bits per heavy atom. The number of amides is 9. The van der Waals surface area contributed by atoms with Gasteiger partial charge in [-0.3, -0.25) is 57.5 Å². The number of ether oxygens (including phenoxy) is 4. The summed E-state index contributed by atoms with van der Waals surface area (Å²) >= 11 is 0. The van der Waals surface area contributed by atoms with E-state index < -0.39 is 167 Å². The molecule has 528 valence electrons. The number of hydrogen-bond acceptors (Lipinski definition) is 18. The van der Waals surface area contributed by atoms with Crippen molar-refractivity contribution in [2.45, 2.75) is 317 Å². The Bertz CT molecular complexity index is 2410. The van der Waals surface area contributed by atoms with Crippen molar-refractivity contribution in [1.29, 1.82) is 0 Å². The van der Waals surface area contributed by atoms with E-state index in [4.69, 9.17) is 24.7 Å². The average Bonchev–Trinajstić information content (AvgIpc) is 1.13. The average molecular weight is 1310 g/mol. The van der Waals surface area contributed by atoms with Crippen LogP contribution in [0.1, 0.15) is 247 Å². The molecule has 0 aromatic heterocycles. The molecule has 92 heavy (non-hydrogen) atoms. The quantitative estimate of drug-likeness (QED) is 0.0216. The Kier molecular flexibility index (Phi) is 39.1. The van der Waals surface area contributed by atoms with Crippen LogP contribution < -0.4 is 53.6 Å². The molecule has 0 aromatic carbocycles. The van der Waals surface area contributed by atoms with Gasteiger partial charge >= 0.3 is 24.0 Å². The van der Waals surface area contributed by atoms with E-state index in [2.05, 4.69) is 47.9 Å². The zero-order valence-electron chi connectivity index (χ0n) is 58.6. The second kappa shape index (κ2) is 42.3. The third-order valence-electron chi connectivity index (χ3n) is 13.5. The summed E-state index contributed by atoms with van der Waals surface area (Å²) < 4.78 is 21.5. The maximum Gasteiger partial charge on any atom is 0.407 e. The lowest BCUT2D eigenvalue weighted by Gasteiger charge is -2.28. The molecule has 11 N–H and O–H groups in total. The predicted octanol–water partition coefficient (Wildman–Crippen LogP) is 5.09. The van der Waals surface area contributed by atoms with Crippen molar-refractivity contribution in [3.63, 3.8) is 0 Å². The summed E-state index contributed by atoms with van der Waals surface area (Å²) in [5.41, 5.74) is 2.48. The first kappa shape index (κ1) is 85.1. The van der Waals surface area contributed by atoms with Crippen LogP contribution in [0.5, 0.6) is 0 Å². The molecule has 0 aliphatic rings. The lowest BCUT2D eigenvalue weighted by Crippen LogP contribution is -2.60. The van der Waals surface area contributed by atoms with Crippen molar-refractivity contribution in [2.75, 3.05) is 13.1 Å². The molecule has 0 rings (SSSR count). The first-order valence-corrected chi connectivity index (χ1v) is 32.8. The van der Waals surface area contributed by atoms with Gasteiger partial charge in [0.1, 0.15) is 58.7 Å². The number of carbonyl (C=O) groups is 13. The number of unbranched alkanes of at least 4 members (excludes halogenated alkanes) is 7. The first-order valence-electron chi connectivity index (χ1n) is 32.8. The van der Waals surface area contributed by atoms with Crippen LogP contribution in [-0.4, -0.2) is 161 Å². The highest BCUT2D eigenvalue weighted by Gasteiger charge is 2.36. The second-order valence-electron chi connectivity index (χ2n) is 27.7. The minimum Gasteiger partial charge on any atom is -0.460 e. The minimum atomic E-state index is -1.73. The van der Waals surface area contributed by atoms with Crippen LogP contribution in [0, 0.1) is 5.92 Å². The van der Waals surface area contributed by atoms with Gasteiger partial charge in [-0.25, -0.2) is 4.79 Å². The lowest BCUT2D eigenvalue weighted by atomic mass is 10.0. The van der Waals surface area contributed by atoms with Crippen LogP contribution in [0.4, 0.5) is 4.79 Å². The summed E-state index contributed by atoms with van der Waals surface area (Å²) in [4.78, 5) is 176. The minimum absolute atomic E-state index is 0.0269. The molecule has 0 bridgehead atoms. The van der Waals surface area contributed by atoms with Gasteiger partial charge in [0, 0.05) is 13.0 Å². The highest BCUT2D eigenvalue weighted by molar-refractivity contribution is 5.99. The molecule has 27 nitrogen and oxygen atoms in total. The van der Waals surface area contributed by atoms with Gasteiger partial charge in [-0.05, 0) is 141 Å². The standard InChI is InChI=1S/C65H116N10O17/c1-19-22-25-30-43(41(6)76)70-57(84)45(32-27-24-21-3)73-58(85)46(33-28-29-36-67-61(88)92-65(16,17)18)72-56(83)44(31-26-23-20-2)69-49(77)39-68-55(82)48(38-52(80)91-64(13,14)15)74-60(87)53(40(4)5)75-59(86)47(34-35-50(78)89-62(7,8)9)71-54(81)42(66)37-51(79)90-63(10,11)12/h40,42-48,53H,19-39,66H2,1-18H3,(H,67,88)(H,68,82)(H,69,77)(H,70,84)(H,71,81)(H,72,83)(H,73,85)(H,74,87)(H,75,86)/t42-,43-,44-,45-,46-,47-,48-,53-/m0/s1. The molecule has 0 unspecified atom stereocenters. The smallest absolute Gasteiger partial charge is 0.407 e. The van der Waals surface area contributed by atoms with Gasteiger partial charge < -0.3 is 72.5 Å². The number of rotatable bonds is 42. The van der Waals surface area contributed by atoms with Crippen LogP contribution in [0.15, 0.2) is 0 Å². The van der Waals surface area contributed by atoms with Gasteiger partial charge in [0.2, 0.25) is 47.3 Å². The van der Waals surface area contributed by atoms with Crippen LogP contribution in [0.2, 0.25) is 0 Å². The summed E-state index contributed by atoms with van der Waals surface area (Å²) in [6.45, 7) is 29.5. The summed E-state index contributed by atoms with van der Waals surface area (Å²) in [5, 5.41) is 23.6. The summed E-state index contributed by atoms with van der Waals surface area (Å²) in [6, 6.07) is -10.6. The molecule has 0 heterocycles. The highest BCUT2D eigenvalue weighted by Crippen LogP contribution is 2.17. The molecule has 0 aliphatic carbocycles. The van der Waals surface area contributed by atoms with E-state index in [1.807, 2.05) is 20.8 Å². The largest absolute Gasteiger partial charge is 0.460 e. The van der Waals surface area contributed by atoms with Crippen molar-refractivity contribution >= 4 is 77.0 Å². The Labute approximate surface area is 546 Å². The van der Waals surface area contributed by atoms with Gasteiger partial charge in [0.05, 0.1) is 31.5 Å². The van der Waals surface area contributed by atoms with Crippen molar-refractivity contribution in [1.82, 2.24) is 47.9 Å². The number of alkyl carbamates (subject to hydrolysis) is 1. The van der Waals surface area contributed by atoms with Crippen LogP contribution >= 0.6 is 0 Å². The van der Waals surface area contributed by atoms with E-state index in [9.17, 15) is 62.3 Å². The zero-order chi connectivity index (χ0) is 70.7. The van der Waals surface area contributed by atoms with E-state index in [1.54, 1.807) is 96.9 Å². The fraction of sp³-hybridized carbons (Fsp3) is 0.800. The molecule has 0 saturated carbocycles. The van der Waals surface area contributed by atoms with Crippen molar-refractivity contribution in [3.05, 3.63) is 0 Å². The monoisotopic (exact) mass is 1310 g/mol. The zero-order valence-corrected chi connectivity index (χ0v) is 58.6. The topological polar surface area (TPSA) is 393 Å². The number of nitrogens with two attached hydrogens (primary N) is 1. The van der Waals surface area contributed by atoms with E-state index in [0.717, 1.165) is 32.1 Å². The number of nitrogens with one attached hydrogen (secondary N) is 9. The molecular weight excluding hydrogens is 1190 g/mol.